The van der Waals surface area contributed by atoms with Crippen molar-refractivity contribution < 1.29 is 4.74 Å². The minimum absolute atomic E-state index is 0.411. The van der Waals surface area contributed by atoms with Crippen molar-refractivity contribution in [3.05, 3.63) is 18.2 Å². The molecule has 0 atom stereocenters. The molecule has 0 unspecified atom stereocenters. The molecule has 2 rings (SSSR count). The molecule has 0 spiro atoms. The lowest BCUT2D eigenvalue weighted by Crippen LogP contribution is -2.40. The molecule has 0 saturated heterocycles. The molecule has 0 radical (unpaired) electrons. The highest BCUT2D eigenvalue weighted by Gasteiger charge is 2.35. The predicted molar refractivity (Wildman–Crippen MR) is 80.6 cm³/mol. The van der Waals surface area contributed by atoms with Gasteiger partial charge in [-0.25, -0.2) is 0 Å². The van der Waals surface area contributed by atoms with E-state index in [0.29, 0.717) is 11.4 Å². The number of nitrogen functional groups attached to an aromatic ring is 1. The van der Waals surface area contributed by atoms with Crippen molar-refractivity contribution in [2.75, 3.05) is 30.5 Å². The van der Waals surface area contributed by atoms with Crippen LogP contribution in [0.1, 0.15) is 26.2 Å². The van der Waals surface area contributed by atoms with Crippen LogP contribution in [-0.4, -0.2) is 24.2 Å². The van der Waals surface area contributed by atoms with Crippen LogP contribution in [0.25, 0.3) is 0 Å². The molecule has 1 saturated carbocycles. The highest BCUT2D eigenvalue weighted by atomic mass is 32.2. The SMILES string of the molecule is CCOc1cccc(NCC2(SC)CCC2)c1N. The lowest BCUT2D eigenvalue weighted by Gasteiger charge is -2.40. The summed E-state index contributed by atoms with van der Waals surface area (Å²) in [5.74, 6) is 0.773. The predicted octanol–water partition coefficient (Wildman–Crippen LogP) is 3.37. The molecule has 1 aromatic rings. The summed E-state index contributed by atoms with van der Waals surface area (Å²) in [5, 5.41) is 3.48. The number of nitrogens with one attached hydrogen (secondary N) is 1. The fraction of sp³-hybridized carbons (Fsp3) is 0.571. The molecule has 0 bridgehead atoms. The highest BCUT2D eigenvalue weighted by molar-refractivity contribution is 8.00. The van der Waals surface area contributed by atoms with Crippen molar-refractivity contribution in [2.45, 2.75) is 30.9 Å². The lowest BCUT2D eigenvalue weighted by atomic mass is 9.84. The first-order valence-corrected chi connectivity index (χ1v) is 7.73. The van der Waals surface area contributed by atoms with Crippen LogP contribution in [0.4, 0.5) is 11.4 Å². The van der Waals surface area contributed by atoms with E-state index in [-0.39, 0.29) is 0 Å². The summed E-state index contributed by atoms with van der Waals surface area (Å²) in [6, 6.07) is 5.92. The van der Waals surface area contributed by atoms with Gasteiger partial charge in [0.1, 0.15) is 5.75 Å². The quantitative estimate of drug-likeness (QED) is 0.775. The average Bonchev–Trinajstić information content (AvgIpc) is 2.33. The maximum atomic E-state index is 6.11. The second kappa shape index (κ2) is 5.74. The smallest absolute Gasteiger partial charge is 0.144 e. The molecular formula is C14H22N2OS. The first-order chi connectivity index (χ1) is 8.71. The Hall–Kier alpha value is -1.03. The zero-order valence-electron chi connectivity index (χ0n) is 11.2. The van der Waals surface area contributed by atoms with Crippen molar-refractivity contribution in [2.24, 2.45) is 0 Å². The lowest BCUT2D eigenvalue weighted by molar-refractivity contribution is 0.342. The van der Waals surface area contributed by atoms with Gasteiger partial charge in [-0.1, -0.05) is 12.5 Å². The van der Waals surface area contributed by atoms with E-state index in [0.717, 1.165) is 23.7 Å². The van der Waals surface area contributed by atoms with Crippen molar-refractivity contribution in [3.63, 3.8) is 0 Å². The molecular weight excluding hydrogens is 244 g/mol. The van der Waals surface area contributed by atoms with Crippen molar-refractivity contribution >= 4 is 23.1 Å². The van der Waals surface area contributed by atoms with Crippen LogP contribution in [0.2, 0.25) is 0 Å². The molecule has 18 heavy (non-hydrogen) atoms. The molecule has 3 nitrogen and oxygen atoms in total. The normalized spacial score (nSPS) is 17.0. The number of thioether (sulfide) groups is 1. The number of benzene rings is 1. The molecule has 1 fully saturated rings. The third kappa shape index (κ3) is 2.69. The fourth-order valence-electron chi connectivity index (χ4n) is 2.26. The van der Waals surface area contributed by atoms with Gasteiger partial charge in [-0.2, -0.15) is 11.8 Å². The fourth-order valence-corrected chi connectivity index (χ4v) is 3.17. The molecule has 1 aliphatic carbocycles. The van der Waals surface area contributed by atoms with Crippen LogP contribution in [0.3, 0.4) is 0 Å². The number of para-hydroxylation sites is 1. The van der Waals surface area contributed by atoms with Gasteiger partial charge in [0, 0.05) is 11.3 Å². The number of nitrogens with two attached hydrogens (primary N) is 1. The number of hydrogen-bond donors (Lipinski definition) is 2. The molecule has 0 aliphatic heterocycles. The van der Waals surface area contributed by atoms with E-state index in [1.165, 1.54) is 19.3 Å². The van der Waals surface area contributed by atoms with Crippen LogP contribution in [0.15, 0.2) is 18.2 Å². The van der Waals surface area contributed by atoms with E-state index in [4.69, 9.17) is 10.5 Å². The summed E-state index contributed by atoms with van der Waals surface area (Å²) in [6.45, 7) is 3.59. The summed E-state index contributed by atoms with van der Waals surface area (Å²) in [7, 11) is 0. The Labute approximate surface area is 113 Å². The van der Waals surface area contributed by atoms with E-state index >= 15 is 0 Å². The Morgan fingerprint density at radius 3 is 2.78 bits per heavy atom. The Kier molecular flexibility index (Phi) is 4.27. The molecule has 3 N–H and O–H groups in total. The van der Waals surface area contributed by atoms with Gasteiger partial charge in [0.25, 0.3) is 0 Å². The van der Waals surface area contributed by atoms with Crippen molar-refractivity contribution in [3.8, 4) is 5.75 Å². The Morgan fingerprint density at radius 1 is 1.44 bits per heavy atom. The number of anilines is 2. The Balaban J connectivity index is 2.02. The summed E-state index contributed by atoms with van der Waals surface area (Å²) in [5.41, 5.74) is 7.81. The van der Waals surface area contributed by atoms with Gasteiger partial charge in [-0.15, -0.1) is 0 Å². The van der Waals surface area contributed by atoms with Crippen LogP contribution >= 0.6 is 11.8 Å². The average molecular weight is 266 g/mol. The van der Waals surface area contributed by atoms with E-state index in [1.807, 2.05) is 36.9 Å². The van der Waals surface area contributed by atoms with Gasteiger partial charge in [-0.3, -0.25) is 0 Å². The maximum absolute atomic E-state index is 6.11. The van der Waals surface area contributed by atoms with Gasteiger partial charge < -0.3 is 15.8 Å². The maximum Gasteiger partial charge on any atom is 0.144 e. The van der Waals surface area contributed by atoms with Crippen LogP contribution in [0, 0.1) is 0 Å². The molecule has 0 aromatic heterocycles. The molecule has 0 heterocycles. The first kappa shape index (κ1) is 13.4. The van der Waals surface area contributed by atoms with Gasteiger partial charge in [0.15, 0.2) is 0 Å². The molecule has 4 heteroatoms. The number of rotatable bonds is 6. The monoisotopic (exact) mass is 266 g/mol. The minimum atomic E-state index is 0.411. The van der Waals surface area contributed by atoms with Gasteiger partial charge >= 0.3 is 0 Å². The second-order valence-electron chi connectivity index (χ2n) is 4.74. The third-order valence-electron chi connectivity index (χ3n) is 3.66. The zero-order valence-corrected chi connectivity index (χ0v) is 12.0. The third-order valence-corrected chi connectivity index (χ3v) is 5.08. The molecule has 100 valence electrons. The van der Waals surface area contributed by atoms with Gasteiger partial charge in [0.05, 0.1) is 18.0 Å². The van der Waals surface area contributed by atoms with Crippen LogP contribution in [0.5, 0.6) is 5.75 Å². The largest absolute Gasteiger partial charge is 0.492 e. The summed E-state index contributed by atoms with van der Waals surface area (Å²) < 4.78 is 5.92. The van der Waals surface area contributed by atoms with E-state index < -0.39 is 0 Å². The van der Waals surface area contributed by atoms with Gasteiger partial charge in [-0.05, 0) is 38.2 Å². The Morgan fingerprint density at radius 2 is 2.22 bits per heavy atom. The van der Waals surface area contributed by atoms with Crippen LogP contribution in [-0.2, 0) is 0 Å². The second-order valence-corrected chi connectivity index (χ2v) is 6.02. The summed E-state index contributed by atoms with van der Waals surface area (Å²) >= 11 is 1.96. The molecule has 1 aliphatic rings. The van der Waals surface area contributed by atoms with Crippen molar-refractivity contribution in [1.29, 1.82) is 0 Å². The molecule has 1 aromatic carbocycles. The number of ether oxygens (including phenoxy) is 1. The van der Waals surface area contributed by atoms with E-state index in [2.05, 4.69) is 11.6 Å². The zero-order chi connectivity index (χ0) is 13.0. The standard InChI is InChI=1S/C14H22N2OS/c1-3-17-12-7-4-6-11(13(12)15)16-10-14(18-2)8-5-9-14/h4,6-7,16H,3,5,8-10,15H2,1-2H3. The Bertz CT molecular complexity index is 399. The summed E-state index contributed by atoms with van der Waals surface area (Å²) in [6.07, 6.45) is 6.14. The first-order valence-electron chi connectivity index (χ1n) is 6.51. The molecule has 0 amide bonds. The number of hydrogen-bond acceptors (Lipinski definition) is 4. The minimum Gasteiger partial charge on any atom is -0.492 e. The summed E-state index contributed by atoms with van der Waals surface area (Å²) in [4.78, 5) is 0. The van der Waals surface area contributed by atoms with Crippen LogP contribution < -0.4 is 15.8 Å². The van der Waals surface area contributed by atoms with E-state index in [9.17, 15) is 0 Å². The van der Waals surface area contributed by atoms with Crippen molar-refractivity contribution in [1.82, 2.24) is 0 Å². The topological polar surface area (TPSA) is 47.3 Å². The highest BCUT2D eigenvalue weighted by Crippen LogP contribution is 2.43. The van der Waals surface area contributed by atoms with Gasteiger partial charge in [0.2, 0.25) is 0 Å². The van der Waals surface area contributed by atoms with E-state index in [1.54, 1.807) is 0 Å².